The van der Waals surface area contributed by atoms with Gasteiger partial charge in [0.05, 0.1) is 6.42 Å². The van der Waals surface area contributed by atoms with Gasteiger partial charge in [-0.05, 0) is 23.3 Å². The first kappa shape index (κ1) is 17.2. The molecule has 23 heavy (non-hydrogen) atoms. The number of rotatable bonds is 7. The Morgan fingerprint density at radius 1 is 0.826 bits per heavy atom. The lowest BCUT2D eigenvalue weighted by Crippen LogP contribution is -2.31. The van der Waals surface area contributed by atoms with Crippen LogP contribution in [0.4, 0.5) is 0 Å². The third-order valence-corrected chi connectivity index (χ3v) is 3.81. The number of amides is 2. The maximum atomic E-state index is 11.8. The van der Waals surface area contributed by atoms with Crippen LogP contribution in [0.15, 0.2) is 59.1 Å². The maximum Gasteiger partial charge on any atom is 0.224 e. The summed E-state index contributed by atoms with van der Waals surface area (Å²) in [5.74, 6) is -0.152. The maximum absolute atomic E-state index is 11.8. The molecule has 0 aromatic heterocycles. The molecule has 120 valence electrons. The van der Waals surface area contributed by atoms with Gasteiger partial charge in [0.1, 0.15) is 0 Å². The molecule has 2 aromatic carbocycles. The van der Waals surface area contributed by atoms with Crippen molar-refractivity contribution in [1.29, 1.82) is 0 Å². The van der Waals surface area contributed by atoms with Gasteiger partial charge in [-0.1, -0.05) is 58.4 Å². The molecule has 0 heterocycles. The van der Waals surface area contributed by atoms with Crippen LogP contribution in [0.2, 0.25) is 0 Å². The summed E-state index contributed by atoms with van der Waals surface area (Å²) in [5, 5.41) is 5.60. The van der Waals surface area contributed by atoms with Crippen molar-refractivity contribution in [1.82, 2.24) is 10.6 Å². The van der Waals surface area contributed by atoms with Crippen LogP contribution in [-0.2, 0) is 22.6 Å². The fourth-order valence-electron chi connectivity index (χ4n) is 2.05. The zero-order chi connectivity index (χ0) is 16.5. The Labute approximate surface area is 144 Å². The van der Waals surface area contributed by atoms with Gasteiger partial charge in [0.15, 0.2) is 0 Å². The Balaban J connectivity index is 1.63. The second-order valence-corrected chi connectivity index (χ2v) is 6.08. The molecule has 0 spiro atoms. The zero-order valence-corrected chi connectivity index (χ0v) is 14.3. The summed E-state index contributed by atoms with van der Waals surface area (Å²) in [4.78, 5) is 23.5. The number of nitrogens with one attached hydrogen (secondary N) is 2. The van der Waals surface area contributed by atoms with Crippen molar-refractivity contribution < 1.29 is 9.59 Å². The van der Waals surface area contributed by atoms with Crippen LogP contribution in [0.3, 0.4) is 0 Å². The molecular weight excluding hydrogens is 356 g/mol. The van der Waals surface area contributed by atoms with Gasteiger partial charge in [-0.3, -0.25) is 9.59 Å². The third kappa shape index (κ3) is 6.65. The summed E-state index contributed by atoms with van der Waals surface area (Å²) in [7, 11) is 0. The van der Waals surface area contributed by atoms with E-state index >= 15 is 0 Å². The molecule has 2 N–H and O–H groups in total. The largest absolute Gasteiger partial charge is 0.355 e. The molecule has 0 aliphatic rings. The summed E-state index contributed by atoms with van der Waals surface area (Å²) >= 11 is 3.36. The first-order valence-electron chi connectivity index (χ1n) is 7.45. The molecule has 2 aromatic rings. The number of hydrogen-bond donors (Lipinski definition) is 2. The van der Waals surface area contributed by atoms with E-state index in [1.807, 2.05) is 54.6 Å². The molecule has 0 aliphatic carbocycles. The van der Waals surface area contributed by atoms with E-state index in [9.17, 15) is 9.59 Å². The standard InChI is InChI=1S/C18H19BrN2O2/c19-16-8-6-14(7-9-16)12-18(23)20-11-10-17(22)21-13-15-4-2-1-3-5-15/h1-9H,10-13H2,(H,20,23)(H,21,22). The SMILES string of the molecule is O=C(CCNC(=O)Cc1ccc(Br)cc1)NCc1ccccc1. The monoisotopic (exact) mass is 374 g/mol. The van der Waals surface area contributed by atoms with E-state index in [2.05, 4.69) is 26.6 Å². The Morgan fingerprint density at radius 3 is 2.22 bits per heavy atom. The lowest BCUT2D eigenvalue weighted by Gasteiger charge is -2.07. The van der Waals surface area contributed by atoms with Crippen LogP contribution in [0.1, 0.15) is 17.5 Å². The lowest BCUT2D eigenvalue weighted by atomic mass is 10.1. The highest BCUT2D eigenvalue weighted by atomic mass is 79.9. The Bertz CT molecular complexity index is 642. The number of hydrogen-bond acceptors (Lipinski definition) is 2. The number of carbonyl (C=O) groups is 2. The van der Waals surface area contributed by atoms with Gasteiger partial charge in [0.2, 0.25) is 11.8 Å². The van der Waals surface area contributed by atoms with Crippen molar-refractivity contribution in [2.45, 2.75) is 19.4 Å². The quantitative estimate of drug-likeness (QED) is 0.782. The predicted molar refractivity (Wildman–Crippen MR) is 93.8 cm³/mol. The van der Waals surface area contributed by atoms with Crippen LogP contribution in [0.5, 0.6) is 0 Å². The minimum absolute atomic E-state index is 0.0715. The van der Waals surface area contributed by atoms with Crippen molar-refractivity contribution in [2.75, 3.05) is 6.54 Å². The summed E-state index contributed by atoms with van der Waals surface area (Å²) in [6, 6.07) is 17.3. The lowest BCUT2D eigenvalue weighted by molar-refractivity contribution is -0.122. The van der Waals surface area contributed by atoms with Gasteiger partial charge >= 0.3 is 0 Å². The number of halogens is 1. The molecule has 0 radical (unpaired) electrons. The predicted octanol–water partition coefficient (Wildman–Crippen LogP) is 2.81. The summed E-state index contributed by atoms with van der Waals surface area (Å²) in [6.07, 6.45) is 0.595. The van der Waals surface area contributed by atoms with E-state index in [1.54, 1.807) is 0 Å². The highest BCUT2D eigenvalue weighted by molar-refractivity contribution is 9.10. The molecule has 2 rings (SSSR count). The van der Waals surface area contributed by atoms with Crippen LogP contribution in [0, 0.1) is 0 Å². The molecule has 0 aliphatic heterocycles. The van der Waals surface area contributed by atoms with E-state index in [1.165, 1.54) is 0 Å². The minimum Gasteiger partial charge on any atom is -0.355 e. The fourth-order valence-corrected chi connectivity index (χ4v) is 2.31. The van der Waals surface area contributed by atoms with Gasteiger partial charge < -0.3 is 10.6 Å². The first-order chi connectivity index (χ1) is 11.1. The van der Waals surface area contributed by atoms with E-state index in [4.69, 9.17) is 0 Å². The Morgan fingerprint density at radius 2 is 1.52 bits per heavy atom. The molecule has 0 atom stereocenters. The van der Waals surface area contributed by atoms with Crippen LogP contribution >= 0.6 is 15.9 Å². The highest BCUT2D eigenvalue weighted by Crippen LogP contribution is 2.10. The van der Waals surface area contributed by atoms with Gasteiger partial charge in [0.25, 0.3) is 0 Å². The number of carbonyl (C=O) groups excluding carboxylic acids is 2. The zero-order valence-electron chi connectivity index (χ0n) is 12.7. The van der Waals surface area contributed by atoms with E-state index < -0.39 is 0 Å². The summed E-state index contributed by atoms with van der Waals surface area (Å²) < 4.78 is 0.983. The Hall–Kier alpha value is -2.14. The van der Waals surface area contributed by atoms with Crippen molar-refractivity contribution in [3.8, 4) is 0 Å². The number of benzene rings is 2. The summed E-state index contributed by atoms with van der Waals surface area (Å²) in [6.45, 7) is 0.850. The fraction of sp³-hybridized carbons (Fsp3) is 0.222. The molecule has 0 unspecified atom stereocenters. The van der Waals surface area contributed by atoms with E-state index in [-0.39, 0.29) is 18.2 Å². The summed E-state index contributed by atoms with van der Waals surface area (Å²) in [5.41, 5.74) is 2.00. The highest BCUT2D eigenvalue weighted by Gasteiger charge is 2.05. The second-order valence-electron chi connectivity index (χ2n) is 5.17. The topological polar surface area (TPSA) is 58.2 Å². The Kier molecular flexibility index (Phi) is 6.81. The molecule has 0 fully saturated rings. The molecular formula is C18H19BrN2O2. The third-order valence-electron chi connectivity index (χ3n) is 3.28. The second kappa shape index (κ2) is 9.10. The van der Waals surface area contributed by atoms with Crippen LogP contribution < -0.4 is 10.6 Å². The van der Waals surface area contributed by atoms with Crippen LogP contribution in [-0.4, -0.2) is 18.4 Å². The van der Waals surface area contributed by atoms with Crippen molar-refractivity contribution in [2.24, 2.45) is 0 Å². The average molecular weight is 375 g/mol. The molecule has 0 bridgehead atoms. The average Bonchev–Trinajstić information content (AvgIpc) is 2.56. The minimum atomic E-state index is -0.0804. The van der Waals surface area contributed by atoms with Gasteiger partial charge in [0, 0.05) is 24.0 Å². The van der Waals surface area contributed by atoms with E-state index in [0.29, 0.717) is 19.5 Å². The molecule has 2 amide bonds. The van der Waals surface area contributed by atoms with Gasteiger partial charge in [-0.15, -0.1) is 0 Å². The van der Waals surface area contributed by atoms with Gasteiger partial charge in [-0.2, -0.15) is 0 Å². The van der Waals surface area contributed by atoms with E-state index in [0.717, 1.165) is 15.6 Å². The smallest absolute Gasteiger partial charge is 0.224 e. The van der Waals surface area contributed by atoms with Crippen molar-refractivity contribution in [3.63, 3.8) is 0 Å². The van der Waals surface area contributed by atoms with Crippen molar-refractivity contribution in [3.05, 3.63) is 70.2 Å². The molecule has 4 nitrogen and oxygen atoms in total. The van der Waals surface area contributed by atoms with Crippen LogP contribution in [0.25, 0.3) is 0 Å². The normalized spacial score (nSPS) is 10.1. The van der Waals surface area contributed by atoms with Crippen molar-refractivity contribution >= 4 is 27.7 Å². The molecule has 5 heteroatoms. The molecule has 0 saturated heterocycles. The molecule has 0 saturated carbocycles. The first-order valence-corrected chi connectivity index (χ1v) is 8.24. The van der Waals surface area contributed by atoms with Gasteiger partial charge in [-0.25, -0.2) is 0 Å².